The summed E-state index contributed by atoms with van der Waals surface area (Å²) in [6.07, 6.45) is 3.03. The van der Waals surface area contributed by atoms with Crippen molar-refractivity contribution in [2.75, 3.05) is 0 Å². The second-order valence-electron chi connectivity index (χ2n) is 3.25. The maximum atomic E-state index is 3.99. The van der Waals surface area contributed by atoms with Crippen LogP contribution in [-0.4, -0.2) is 10.2 Å². The van der Waals surface area contributed by atoms with E-state index in [-0.39, 0.29) is 0 Å². The third-order valence-corrected chi connectivity index (χ3v) is 1.75. The molecule has 0 bridgehead atoms. The van der Waals surface area contributed by atoms with Crippen LogP contribution in [0.25, 0.3) is 10.9 Å². The molecule has 0 amide bonds. The fourth-order valence-corrected chi connectivity index (χ4v) is 1.14. The first-order chi connectivity index (χ1) is 6.79. The van der Waals surface area contributed by atoms with Gasteiger partial charge in [0, 0.05) is 5.39 Å². The summed E-state index contributed by atoms with van der Waals surface area (Å²) in [5.74, 6) is 0. The van der Waals surface area contributed by atoms with Crippen LogP contribution in [0.15, 0.2) is 30.5 Å². The van der Waals surface area contributed by atoms with E-state index in [1.165, 1.54) is 17.4 Å². The molecule has 0 unspecified atom stereocenters. The SMILES string of the molecule is CCC.Cc1cnnc2ccccc12. The van der Waals surface area contributed by atoms with E-state index in [0.29, 0.717) is 0 Å². The van der Waals surface area contributed by atoms with Crippen LogP contribution < -0.4 is 0 Å². The summed E-state index contributed by atoms with van der Waals surface area (Å²) >= 11 is 0. The number of aromatic nitrogens is 2. The maximum Gasteiger partial charge on any atom is 0.0932 e. The third-order valence-electron chi connectivity index (χ3n) is 1.75. The van der Waals surface area contributed by atoms with E-state index in [2.05, 4.69) is 30.1 Å². The van der Waals surface area contributed by atoms with Gasteiger partial charge in [-0.3, -0.25) is 0 Å². The Labute approximate surface area is 85.0 Å². The van der Waals surface area contributed by atoms with Gasteiger partial charge in [-0.05, 0) is 18.6 Å². The highest BCUT2D eigenvalue weighted by Gasteiger charge is 1.94. The van der Waals surface area contributed by atoms with Gasteiger partial charge in [-0.1, -0.05) is 38.5 Å². The molecule has 0 aliphatic heterocycles. The van der Waals surface area contributed by atoms with E-state index in [1.807, 2.05) is 25.1 Å². The summed E-state index contributed by atoms with van der Waals surface area (Å²) in [5, 5.41) is 9.04. The Bertz CT molecular complexity index is 391. The molecule has 74 valence electrons. The van der Waals surface area contributed by atoms with Gasteiger partial charge in [0.2, 0.25) is 0 Å². The molecule has 0 saturated carbocycles. The lowest BCUT2D eigenvalue weighted by Crippen LogP contribution is -1.85. The smallest absolute Gasteiger partial charge is 0.0932 e. The quantitative estimate of drug-likeness (QED) is 0.633. The first kappa shape index (κ1) is 10.6. The third kappa shape index (κ3) is 2.52. The summed E-state index contributed by atoms with van der Waals surface area (Å²) in [6, 6.07) is 8.00. The molecule has 0 radical (unpaired) electrons. The fourth-order valence-electron chi connectivity index (χ4n) is 1.14. The van der Waals surface area contributed by atoms with E-state index >= 15 is 0 Å². The Morgan fingerprint density at radius 1 is 1.14 bits per heavy atom. The minimum absolute atomic E-state index is 0.965. The van der Waals surface area contributed by atoms with Crippen LogP contribution in [0, 0.1) is 6.92 Å². The van der Waals surface area contributed by atoms with Gasteiger partial charge >= 0.3 is 0 Å². The molecule has 0 aliphatic rings. The lowest BCUT2D eigenvalue weighted by Gasteiger charge is -1.96. The van der Waals surface area contributed by atoms with E-state index < -0.39 is 0 Å². The molecule has 0 saturated heterocycles. The van der Waals surface area contributed by atoms with Crippen molar-refractivity contribution in [3.63, 3.8) is 0 Å². The fraction of sp³-hybridized carbons (Fsp3) is 0.333. The Morgan fingerprint density at radius 2 is 1.79 bits per heavy atom. The van der Waals surface area contributed by atoms with Crippen LogP contribution in [0.3, 0.4) is 0 Å². The minimum Gasteiger partial charge on any atom is -0.158 e. The van der Waals surface area contributed by atoms with Crippen molar-refractivity contribution in [1.82, 2.24) is 10.2 Å². The first-order valence-electron chi connectivity index (χ1n) is 4.96. The highest BCUT2D eigenvalue weighted by molar-refractivity contribution is 5.80. The molecular formula is C12H16N2. The number of rotatable bonds is 0. The number of fused-ring (bicyclic) bond motifs is 1. The van der Waals surface area contributed by atoms with E-state index in [1.54, 1.807) is 6.20 Å². The number of hydrogen-bond donors (Lipinski definition) is 0. The van der Waals surface area contributed by atoms with Crippen LogP contribution >= 0.6 is 0 Å². The van der Waals surface area contributed by atoms with Crippen LogP contribution in [0.5, 0.6) is 0 Å². The molecule has 0 spiro atoms. The highest BCUT2D eigenvalue weighted by atomic mass is 15.1. The highest BCUT2D eigenvalue weighted by Crippen LogP contribution is 2.12. The molecule has 2 heteroatoms. The van der Waals surface area contributed by atoms with Crippen LogP contribution in [0.4, 0.5) is 0 Å². The van der Waals surface area contributed by atoms with Crippen molar-refractivity contribution in [2.45, 2.75) is 27.2 Å². The molecule has 0 N–H and O–H groups in total. The summed E-state index contributed by atoms with van der Waals surface area (Å²) in [6.45, 7) is 6.29. The van der Waals surface area contributed by atoms with Crippen LogP contribution in [0.2, 0.25) is 0 Å². The molecule has 1 heterocycles. The lowest BCUT2D eigenvalue weighted by atomic mass is 10.1. The standard InChI is InChI=1S/C9H8N2.C3H8/c1-7-6-10-11-9-5-3-2-4-8(7)9;1-3-2/h2-6H,1H3;3H2,1-2H3. The molecule has 0 fully saturated rings. The normalized spacial score (nSPS) is 9.36. The molecule has 1 aromatic carbocycles. The van der Waals surface area contributed by atoms with Crippen molar-refractivity contribution in [3.8, 4) is 0 Å². The predicted octanol–water partition coefficient (Wildman–Crippen LogP) is 3.35. The molecule has 2 aromatic rings. The van der Waals surface area contributed by atoms with Gasteiger partial charge in [0.15, 0.2) is 0 Å². The monoisotopic (exact) mass is 188 g/mol. The van der Waals surface area contributed by atoms with Gasteiger partial charge in [-0.25, -0.2) is 0 Å². The largest absolute Gasteiger partial charge is 0.158 e. The van der Waals surface area contributed by atoms with Gasteiger partial charge in [-0.2, -0.15) is 10.2 Å². The number of nitrogens with zero attached hydrogens (tertiary/aromatic N) is 2. The van der Waals surface area contributed by atoms with Crippen molar-refractivity contribution in [3.05, 3.63) is 36.0 Å². The topological polar surface area (TPSA) is 25.8 Å². The van der Waals surface area contributed by atoms with Gasteiger partial charge in [0.1, 0.15) is 0 Å². The van der Waals surface area contributed by atoms with E-state index in [4.69, 9.17) is 0 Å². The second kappa shape index (κ2) is 5.32. The Morgan fingerprint density at radius 3 is 2.43 bits per heavy atom. The molecule has 1 aromatic heterocycles. The van der Waals surface area contributed by atoms with Crippen LogP contribution in [0.1, 0.15) is 25.8 Å². The first-order valence-corrected chi connectivity index (χ1v) is 4.96. The van der Waals surface area contributed by atoms with E-state index in [9.17, 15) is 0 Å². The second-order valence-corrected chi connectivity index (χ2v) is 3.25. The number of aryl methyl sites for hydroxylation is 1. The zero-order valence-corrected chi connectivity index (χ0v) is 8.99. The average molecular weight is 188 g/mol. The Balaban J connectivity index is 0.000000293. The van der Waals surface area contributed by atoms with Crippen molar-refractivity contribution in [2.24, 2.45) is 0 Å². The summed E-state index contributed by atoms with van der Waals surface area (Å²) in [7, 11) is 0. The molecule has 2 nitrogen and oxygen atoms in total. The van der Waals surface area contributed by atoms with Gasteiger partial charge in [0.05, 0.1) is 11.7 Å². The van der Waals surface area contributed by atoms with Crippen molar-refractivity contribution < 1.29 is 0 Å². The lowest BCUT2D eigenvalue weighted by molar-refractivity contribution is 1.06. The molecule has 2 rings (SSSR count). The number of hydrogen-bond acceptors (Lipinski definition) is 2. The summed E-state index contributed by atoms with van der Waals surface area (Å²) in [4.78, 5) is 0. The maximum absolute atomic E-state index is 3.99. The predicted molar refractivity (Wildman–Crippen MR) is 60.2 cm³/mol. The molecule has 0 atom stereocenters. The number of benzene rings is 1. The molecule has 0 aliphatic carbocycles. The minimum atomic E-state index is 0.965. The van der Waals surface area contributed by atoms with Gasteiger partial charge in [0.25, 0.3) is 0 Å². The van der Waals surface area contributed by atoms with E-state index in [0.717, 1.165) is 5.52 Å². The zero-order valence-electron chi connectivity index (χ0n) is 8.99. The van der Waals surface area contributed by atoms with Crippen molar-refractivity contribution in [1.29, 1.82) is 0 Å². The summed E-state index contributed by atoms with van der Waals surface area (Å²) < 4.78 is 0. The summed E-state index contributed by atoms with van der Waals surface area (Å²) in [5.41, 5.74) is 2.14. The Hall–Kier alpha value is -1.44. The van der Waals surface area contributed by atoms with Gasteiger partial charge < -0.3 is 0 Å². The van der Waals surface area contributed by atoms with Crippen molar-refractivity contribution >= 4 is 10.9 Å². The van der Waals surface area contributed by atoms with Crippen LogP contribution in [-0.2, 0) is 0 Å². The molecule has 14 heavy (non-hydrogen) atoms. The van der Waals surface area contributed by atoms with Gasteiger partial charge in [-0.15, -0.1) is 0 Å². The Kier molecular flexibility index (Phi) is 4.05. The zero-order chi connectivity index (χ0) is 10.4. The average Bonchev–Trinajstić information content (AvgIpc) is 2.20. The molecular weight excluding hydrogens is 172 g/mol.